The number of hydrogen-bond donors (Lipinski definition) is 3. The van der Waals surface area contributed by atoms with Crippen LogP contribution >= 0.6 is 0 Å². The molecule has 158 valence electrons. The summed E-state index contributed by atoms with van der Waals surface area (Å²) in [6.45, 7) is 1.25. The van der Waals surface area contributed by atoms with E-state index in [9.17, 15) is 27.6 Å². The SMILES string of the molecule is CC(=O)NCC1CN(c2ccc(N(C=N)CCNC(=O)C(F)F)c(F)c2)C(=O)O1. The van der Waals surface area contributed by atoms with Gasteiger partial charge in [0.1, 0.15) is 11.9 Å². The Bertz CT molecular complexity index is 792. The van der Waals surface area contributed by atoms with Gasteiger partial charge in [0.15, 0.2) is 0 Å². The zero-order valence-corrected chi connectivity index (χ0v) is 15.5. The van der Waals surface area contributed by atoms with Gasteiger partial charge in [-0.25, -0.2) is 9.18 Å². The third-order valence-corrected chi connectivity index (χ3v) is 4.01. The minimum atomic E-state index is -3.16. The van der Waals surface area contributed by atoms with Gasteiger partial charge < -0.3 is 20.3 Å². The van der Waals surface area contributed by atoms with Crippen LogP contribution in [-0.2, 0) is 14.3 Å². The maximum Gasteiger partial charge on any atom is 0.414 e. The average Bonchev–Trinajstić information content (AvgIpc) is 3.04. The second-order valence-corrected chi connectivity index (χ2v) is 6.10. The van der Waals surface area contributed by atoms with Crippen LogP contribution in [0.5, 0.6) is 0 Å². The molecule has 2 rings (SSSR count). The molecule has 1 aliphatic heterocycles. The first-order chi connectivity index (χ1) is 13.7. The number of cyclic esters (lactones) is 1. The summed E-state index contributed by atoms with van der Waals surface area (Å²) in [4.78, 5) is 36.1. The minimum Gasteiger partial charge on any atom is -0.442 e. The summed E-state index contributed by atoms with van der Waals surface area (Å²) >= 11 is 0. The first-order valence-corrected chi connectivity index (χ1v) is 8.58. The molecule has 0 aromatic heterocycles. The molecule has 1 aliphatic rings. The van der Waals surface area contributed by atoms with Crippen LogP contribution in [0.1, 0.15) is 6.92 Å². The number of nitrogens with zero attached hydrogens (tertiary/aromatic N) is 2. The Balaban J connectivity index is 2.03. The van der Waals surface area contributed by atoms with Crippen LogP contribution in [0.3, 0.4) is 0 Å². The van der Waals surface area contributed by atoms with Gasteiger partial charge in [-0.1, -0.05) is 0 Å². The summed E-state index contributed by atoms with van der Waals surface area (Å²) < 4.78 is 44.0. The van der Waals surface area contributed by atoms with E-state index in [1.807, 2.05) is 5.32 Å². The summed E-state index contributed by atoms with van der Waals surface area (Å²) in [5, 5.41) is 11.9. The predicted molar refractivity (Wildman–Crippen MR) is 97.8 cm³/mol. The number of rotatable bonds is 9. The number of ether oxygens (including phenoxy) is 1. The standard InChI is InChI=1S/C17H20F3N5O4/c1-10(26)23-7-12-8-25(17(28)29-12)11-2-3-14(13(18)6-11)24(9-21)5-4-22-16(27)15(19)20/h2-3,6,9,12,15,21H,4-5,7-8H2,1H3,(H,22,27)(H,23,26). The van der Waals surface area contributed by atoms with Gasteiger partial charge >= 0.3 is 12.5 Å². The quantitative estimate of drug-likeness (QED) is 0.413. The molecule has 3 N–H and O–H groups in total. The van der Waals surface area contributed by atoms with E-state index in [4.69, 9.17) is 10.1 Å². The average molecular weight is 415 g/mol. The second-order valence-electron chi connectivity index (χ2n) is 6.10. The molecule has 0 aliphatic carbocycles. The van der Waals surface area contributed by atoms with E-state index in [1.54, 1.807) is 0 Å². The molecule has 0 saturated carbocycles. The van der Waals surface area contributed by atoms with Crippen molar-refractivity contribution in [3.05, 3.63) is 24.0 Å². The van der Waals surface area contributed by atoms with Gasteiger partial charge in [0.25, 0.3) is 5.91 Å². The largest absolute Gasteiger partial charge is 0.442 e. The highest BCUT2D eigenvalue weighted by Gasteiger charge is 2.32. The highest BCUT2D eigenvalue weighted by atomic mass is 19.3. The Kier molecular flexibility index (Phi) is 7.39. The van der Waals surface area contributed by atoms with Crippen LogP contribution in [0.15, 0.2) is 18.2 Å². The van der Waals surface area contributed by atoms with Crippen LogP contribution < -0.4 is 20.4 Å². The number of carbonyl (C=O) groups is 3. The van der Waals surface area contributed by atoms with Gasteiger partial charge in [0, 0.05) is 20.0 Å². The molecule has 1 aromatic rings. The van der Waals surface area contributed by atoms with Crippen molar-refractivity contribution >= 4 is 35.6 Å². The molecule has 0 radical (unpaired) electrons. The van der Waals surface area contributed by atoms with E-state index in [1.165, 1.54) is 24.0 Å². The number of amides is 3. The molecule has 3 amide bonds. The van der Waals surface area contributed by atoms with Gasteiger partial charge in [-0.05, 0) is 18.2 Å². The van der Waals surface area contributed by atoms with Crippen LogP contribution in [0.25, 0.3) is 0 Å². The summed E-state index contributed by atoms with van der Waals surface area (Å²) in [6, 6.07) is 3.83. The Morgan fingerprint density at radius 2 is 2.14 bits per heavy atom. The zero-order valence-electron chi connectivity index (χ0n) is 15.5. The number of halogens is 3. The van der Waals surface area contributed by atoms with Crippen LogP contribution in [0, 0.1) is 11.2 Å². The fourth-order valence-electron chi connectivity index (χ4n) is 2.62. The summed E-state index contributed by atoms with van der Waals surface area (Å²) in [7, 11) is 0. The third kappa shape index (κ3) is 5.83. The molecule has 29 heavy (non-hydrogen) atoms. The third-order valence-electron chi connectivity index (χ3n) is 4.01. The number of nitrogens with one attached hydrogen (secondary N) is 3. The van der Waals surface area contributed by atoms with Crippen molar-refractivity contribution in [2.24, 2.45) is 0 Å². The molecule has 0 spiro atoms. The second kappa shape index (κ2) is 9.75. The fraction of sp³-hybridized carbons (Fsp3) is 0.412. The summed E-state index contributed by atoms with van der Waals surface area (Å²) in [5.74, 6) is -2.48. The predicted octanol–water partition coefficient (Wildman–Crippen LogP) is 1.08. The lowest BCUT2D eigenvalue weighted by Gasteiger charge is -2.21. The number of anilines is 2. The van der Waals surface area contributed by atoms with E-state index in [0.717, 1.165) is 17.3 Å². The normalized spacial score (nSPS) is 15.8. The molecular formula is C17H20F3N5O4. The van der Waals surface area contributed by atoms with Crippen molar-refractivity contribution in [1.29, 1.82) is 5.41 Å². The zero-order chi connectivity index (χ0) is 21.6. The van der Waals surface area contributed by atoms with Crippen molar-refractivity contribution in [3.8, 4) is 0 Å². The van der Waals surface area contributed by atoms with Crippen molar-refractivity contribution < 1.29 is 32.3 Å². The maximum atomic E-state index is 14.5. The van der Waals surface area contributed by atoms with Crippen LogP contribution in [0.2, 0.25) is 0 Å². The number of hydrogen-bond acceptors (Lipinski definition) is 5. The van der Waals surface area contributed by atoms with Crippen LogP contribution in [0.4, 0.5) is 29.3 Å². The van der Waals surface area contributed by atoms with E-state index in [-0.39, 0.29) is 43.5 Å². The fourth-order valence-corrected chi connectivity index (χ4v) is 2.62. The van der Waals surface area contributed by atoms with E-state index >= 15 is 0 Å². The number of alkyl halides is 2. The molecule has 1 unspecified atom stereocenters. The highest BCUT2D eigenvalue weighted by molar-refractivity contribution is 5.90. The Hall–Kier alpha value is -3.31. The molecule has 1 fully saturated rings. The van der Waals surface area contributed by atoms with Crippen molar-refractivity contribution in [1.82, 2.24) is 10.6 Å². The van der Waals surface area contributed by atoms with Crippen LogP contribution in [-0.4, -0.2) is 63.0 Å². The van der Waals surface area contributed by atoms with Crippen molar-refractivity contribution in [2.75, 3.05) is 36.0 Å². The Morgan fingerprint density at radius 1 is 1.41 bits per heavy atom. The molecule has 1 heterocycles. The topological polar surface area (TPSA) is 115 Å². The van der Waals surface area contributed by atoms with Gasteiger partial charge in [0.2, 0.25) is 5.91 Å². The first kappa shape index (κ1) is 22.0. The maximum absolute atomic E-state index is 14.5. The highest BCUT2D eigenvalue weighted by Crippen LogP contribution is 2.27. The molecule has 12 heteroatoms. The first-order valence-electron chi connectivity index (χ1n) is 8.58. The monoisotopic (exact) mass is 415 g/mol. The molecule has 1 atom stereocenters. The van der Waals surface area contributed by atoms with E-state index in [2.05, 4.69) is 5.32 Å². The Morgan fingerprint density at radius 3 is 2.72 bits per heavy atom. The lowest BCUT2D eigenvalue weighted by molar-refractivity contribution is -0.131. The van der Waals surface area contributed by atoms with Crippen molar-refractivity contribution in [3.63, 3.8) is 0 Å². The lowest BCUT2D eigenvalue weighted by atomic mass is 10.2. The van der Waals surface area contributed by atoms with Crippen molar-refractivity contribution in [2.45, 2.75) is 19.5 Å². The summed E-state index contributed by atoms with van der Waals surface area (Å²) in [5.41, 5.74) is 0.190. The smallest absolute Gasteiger partial charge is 0.414 e. The Labute approximate surface area is 164 Å². The molecule has 1 aromatic carbocycles. The van der Waals surface area contributed by atoms with E-state index < -0.39 is 30.3 Å². The number of benzene rings is 1. The molecular weight excluding hydrogens is 395 g/mol. The van der Waals surface area contributed by atoms with Gasteiger partial charge in [0.05, 0.1) is 30.8 Å². The summed E-state index contributed by atoms with van der Waals surface area (Å²) in [6.07, 6.45) is -3.63. The van der Waals surface area contributed by atoms with Gasteiger partial charge in [-0.2, -0.15) is 8.78 Å². The number of carbonyl (C=O) groups excluding carboxylic acids is 3. The van der Waals surface area contributed by atoms with E-state index in [0.29, 0.717) is 0 Å². The molecule has 9 nitrogen and oxygen atoms in total. The van der Waals surface area contributed by atoms with Gasteiger partial charge in [-0.3, -0.25) is 19.9 Å². The van der Waals surface area contributed by atoms with Gasteiger partial charge in [-0.15, -0.1) is 0 Å². The molecule has 1 saturated heterocycles. The molecule has 0 bridgehead atoms. The lowest BCUT2D eigenvalue weighted by Crippen LogP contribution is -2.37. The minimum absolute atomic E-state index is 0.0302.